The number of hydrogen-bond acceptors (Lipinski definition) is 2. The number of nitrogens with zero attached hydrogens (tertiary/aromatic N) is 2. The van der Waals surface area contributed by atoms with E-state index in [9.17, 15) is 4.79 Å². The molecule has 0 aromatic rings. The molecule has 0 aromatic heterocycles. The maximum absolute atomic E-state index is 12.1. The molecule has 2 aliphatic rings. The number of nitrogens with one attached hydrogen (secondary N) is 1. The molecule has 1 saturated heterocycles. The third kappa shape index (κ3) is 3.16. The van der Waals surface area contributed by atoms with E-state index in [0.29, 0.717) is 19.1 Å². The van der Waals surface area contributed by atoms with E-state index in [2.05, 4.69) is 11.4 Å². The van der Waals surface area contributed by atoms with Gasteiger partial charge < -0.3 is 10.2 Å². The molecule has 1 saturated carbocycles. The van der Waals surface area contributed by atoms with Crippen molar-refractivity contribution in [1.82, 2.24) is 10.2 Å². The lowest BCUT2D eigenvalue weighted by Crippen LogP contribution is -2.49. The second kappa shape index (κ2) is 5.60. The van der Waals surface area contributed by atoms with E-state index in [1.807, 2.05) is 11.8 Å². The Morgan fingerprint density at radius 1 is 1.28 bits per heavy atom. The Hall–Kier alpha value is -1.24. The number of nitriles is 1. The molecule has 0 bridgehead atoms. The summed E-state index contributed by atoms with van der Waals surface area (Å²) in [6.07, 6.45) is 7.60. The Balaban J connectivity index is 1.79. The van der Waals surface area contributed by atoms with Crippen molar-refractivity contribution in [3.63, 3.8) is 0 Å². The van der Waals surface area contributed by atoms with E-state index in [-0.39, 0.29) is 11.4 Å². The van der Waals surface area contributed by atoms with Crippen molar-refractivity contribution in [1.29, 1.82) is 5.26 Å². The van der Waals surface area contributed by atoms with E-state index in [1.165, 1.54) is 19.3 Å². The van der Waals surface area contributed by atoms with Gasteiger partial charge in [-0.3, -0.25) is 0 Å². The molecule has 18 heavy (non-hydrogen) atoms. The van der Waals surface area contributed by atoms with Crippen molar-refractivity contribution in [3.05, 3.63) is 0 Å². The lowest BCUT2D eigenvalue weighted by atomic mass is 9.82. The van der Waals surface area contributed by atoms with Crippen LogP contribution in [-0.4, -0.2) is 30.1 Å². The monoisotopic (exact) mass is 249 g/mol. The van der Waals surface area contributed by atoms with Crippen molar-refractivity contribution < 1.29 is 4.79 Å². The highest BCUT2D eigenvalue weighted by Crippen LogP contribution is 2.29. The van der Waals surface area contributed by atoms with Gasteiger partial charge in [0.25, 0.3) is 0 Å². The smallest absolute Gasteiger partial charge is 0.317 e. The number of piperidine rings is 1. The number of hydrogen-bond donors (Lipinski definition) is 1. The minimum Gasteiger partial charge on any atom is -0.335 e. The van der Waals surface area contributed by atoms with Gasteiger partial charge in [0.2, 0.25) is 0 Å². The molecule has 2 amide bonds. The van der Waals surface area contributed by atoms with E-state index < -0.39 is 0 Å². The van der Waals surface area contributed by atoms with Crippen LogP contribution >= 0.6 is 0 Å². The summed E-state index contributed by atoms with van der Waals surface area (Å²) in [5, 5.41) is 12.2. The summed E-state index contributed by atoms with van der Waals surface area (Å²) in [6, 6.07) is 2.80. The van der Waals surface area contributed by atoms with Crippen LogP contribution in [0.25, 0.3) is 0 Å². The van der Waals surface area contributed by atoms with Gasteiger partial charge in [0.1, 0.15) is 0 Å². The minimum absolute atomic E-state index is 0.0712. The van der Waals surface area contributed by atoms with Gasteiger partial charge in [-0.15, -0.1) is 0 Å². The maximum Gasteiger partial charge on any atom is 0.317 e. The molecule has 4 heteroatoms. The summed E-state index contributed by atoms with van der Waals surface area (Å²) < 4.78 is 0. The molecular formula is C14H23N3O. The zero-order valence-electron chi connectivity index (χ0n) is 11.2. The number of amides is 2. The second-order valence-electron chi connectivity index (χ2n) is 5.94. The molecule has 1 N–H and O–H groups in total. The fourth-order valence-electron chi connectivity index (χ4n) is 2.83. The quantitative estimate of drug-likeness (QED) is 0.776. The summed E-state index contributed by atoms with van der Waals surface area (Å²) in [7, 11) is 0. The van der Waals surface area contributed by atoms with Crippen molar-refractivity contribution >= 4 is 6.03 Å². The lowest BCUT2D eigenvalue weighted by Gasteiger charge is -2.36. The first kappa shape index (κ1) is 13.2. The van der Waals surface area contributed by atoms with Crippen LogP contribution in [0.15, 0.2) is 0 Å². The third-order valence-corrected chi connectivity index (χ3v) is 4.36. The van der Waals surface area contributed by atoms with Gasteiger partial charge in [-0.2, -0.15) is 5.26 Å². The molecule has 4 nitrogen and oxygen atoms in total. The molecule has 1 aliphatic heterocycles. The zero-order chi connectivity index (χ0) is 13.0. The topological polar surface area (TPSA) is 56.1 Å². The maximum atomic E-state index is 12.1. The largest absolute Gasteiger partial charge is 0.335 e. The van der Waals surface area contributed by atoms with E-state index in [0.717, 1.165) is 25.7 Å². The SMILES string of the molecule is CC1(C#N)CCN(C(=O)NC2CCCCC2)CC1. The van der Waals surface area contributed by atoms with Gasteiger partial charge in [-0.05, 0) is 32.6 Å². The predicted molar refractivity (Wildman–Crippen MR) is 69.9 cm³/mol. The molecule has 0 radical (unpaired) electrons. The lowest BCUT2D eigenvalue weighted by molar-refractivity contribution is 0.151. The first-order valence-electron chi connectivity index (χ1n) is 7.10. The van der Waals surface area contributed by atoms with Crippen LogP contribution in [0.4, 0.5) is 4.79 Å². The Kier molecular flexibility index (Phi) is 4.11. The highest BCUT2D eigenvalue weighted by atomic mass is 16.2. The van der Waals surface area contributed by atoms with E-state index >= 15 is 0 Å². The fraction of sp³-hybridized carbons (Fsp3) is 0.857. The minimum atomic E-state index is -0.235. The molecule has 0 atom stereocenters. The van der Waals surface area contributed by atoms with Crippen molar-refractivity contribution in [2.24, 2.45) is 5.41 Å². The number of carbonyl (C=O) groups excluding carboxylic acids is 1. The molecule has 0 unspecified atom stereocenters. The molecule has 2 rings (SSSR count). The molecule has 0 spiro atoms. The molecule has 0 aromatic carbocycles. The van der Waals surface area contributed by atoms with Gasteiger partial charge in [0.15, 0.2) is 0 Å². The van der Waals surface area contributed by atoms with Crippen molar-refractivity contribution in [2.75, 3.05) is 13.1 Å². The van der Waals surface area contributed by atoms with E-state index in [1.54, 1.807) is 0 Å². The van der Waals surface area contributed by atoms with Crippen LogP contribution in [0.1, 0.15) is 51.9 Å². The molecule has 1 heterocycles. The predicted octanol–water partition coefficient (Wildman–Crippen LogP) is 2.65. The zero-order valence-corrected chi connectivity index (χ0v) is 11.2. The van der Waals surface area contributed by atoms with Crippen LogP contribution in [0.3, 0.4) is 0 Å². The summed E-state index contributed by atoms with van der Waals surface area (Å²) in [6.45, 7) is 3.41. The average Bonchev–Trinajstić information content (AvgIpc) is 2.40. The first-order valence-corrected chi connectivity index (χ1v) is 7.10. The third-order valence-electron chi connectivity index (χ3n) is 4.36. The number of likely N-dealkylation sites (tertiary alicyclic amines) is 1. The van der Waals surface area contributed by atoms with Crippen LogP contribution in [-0.2, 0) is 0 Å². The Bertz CT molecular complexity index is 333. The normalized spacial score (nSPS) is 24.3. The molecule has 2 fully saturated rings. The second-order valence-corrected chi connectivity index (χ2v) is 5.94. The van der Waals surface area contributed by atoms with Crippen molar-refractivity contribution in [2.45, 2.75) is 57.9 Å². The average molecular weight is 249 g/mol. The highest BCUT2D eigenvalue weighted by Gasteiger charge is 2.32. The van der Waals surface area contributed by atoms with Gasteiger partial charge in [-0.25, -0.2) is 4.79 Å². The number of rotatable bonds is 1. The highest BCUT2D eigenvalue weighted by molar-refractivity contribution is 5.74. The van der Waals surface area contributed by atoms with E-state index in [4.69, 9.17) is 5.26 Å². The standard InChI is InChI=1S/C14H23N3O/c1-14(11-15)7-9-17(10-8-14)13(18)16-12-5-3-2-4-6-12/h12H,2-10H2,1H3,(H,16,18). The summed E-state index contributed by atoms with van der Waals surface area (Å²) in [4.78, 5) is 14.0. The van der Waals surface area contributed by atoms with Crippen LogP contribution in [0, 0.1) is 16.7 Å². The van der Waals surface area contributed by atoms with Gasteiger partial charge in [-0.1, -0.05) is 19.3 Å². The van der Waals surface area contributed by atoms with Crippen LogP contribution < -0.4 is 5.32 Å². The fourth-order valence-corrected chi connectivity index (χ4v) is 2.83. The number of urea groups is 1. The van der Waals surface area contributed by atoms with Gasteiger partial charge in [0, 0.05) is 19.1 Å². The van der Waals surface area contributed by atoms with Crippen LogP contribution in [0.5, 0.6) is 0 Å². The Morgan fingerprint density at radius 2 is 1.89 bits per heavy atom. The summed E-state index contributed by atoms with van der Waals surface area (Å²) >= 11 is 0. The summed E-state index contributed by atoms with van der Waals surface area (Å²) in [5.74, 6) is 0. The van der Waals surface area contributed by atoms with Crippen LogP contribution in [0.2, 0.25) is 0 Å². The Morgan fingerprint density at radius 3 is 2.44 bits per heavy atom. The van der Waals surface area contributed by atoms with Crippen molar-refractivity contribution in [3.8, 4) is 6.07 Å². The van der Waals surface area contributed by atoms with Gasteiger partial charge in [0.05, 0.1) is 11.5 Å². The number of carbonyl (C=O) groups is 1. The first-order chi connectivity index (χ1) is 8.63. The molecule has 1 aliphatic carbocycles. The Labute approximate surface area is 109 Å². The summed E-state index contributed by atoms with van der Waals surface area (Å²) in [5.41, 5.74) is -0.235. The molecule has 100 valence electrons. The van der Waals surface area contributed by atoms with Gasteiger partial charge >= 0.3 is 6.03 Å². The molecular weight excluding hydrogens is 226 g/mol.